The van der Waals surface area contributed by atoms with Crippen molar-refractivity contribution in [3.63, 3.8) is 0 Å². The van der Waals surface area contributed by atoms with Crippen molar-refractivity contribution in [1.29, 1.82) is 0 Å². The molecule has 1 heterocycles. The molecule has 0 spiro atoms. The monoisotopic (exact) mass is 328 g/mol. The van der Waals surface area contributed by atoms with Gasteiger partial charge in [-0.05, 0) is 44.7 Å². The summed E-state index contributed by atoms with van der Waals surface area (Å²) in [6.45, 7) is 5.59. The topological polar surface area (TPSA) is 78.1 Å². The Morgan fingerprint density at radius 3 is 2.83 bits per heavy atom. The van der Waals surface area contributed by atoms with Gasteiger partial charge in [0.2, 0.25) is 5.91 Å². The molecule has 3 rings (SSSR count). The van der Waals surface area contributed by atoms with E-state index in [1.54, 1.807) is 6.07 Å². The molecule has 24 heavy (non-hydrogen) atoms. The van der Waals surface area contributed by atoms with Gasteiger partial charge in [0.15, 0.2) is 0 Å². The number of benzene rings is 1. The van der Waals surface area contributed by atoms with Gasteiger partial charge in [-0.15, -0.1) is 0 Å². The Labute approximate surface area is 141 Å². The molecule has 0 bridgehead atoms. The van der Waals surface area contributed by atoms with Crippen LogP contribution in [0.4, 0.5) is 0 Å². The van der Waals surface area contributed by atoms with Crippen LogP contribution in [-0.2, 0) is 11.3 Å². The third-order valence-electron chi connectivity index (χ3n) is 4.38. The summed E-state index contributed by atoms with van der Waals surface area (Å²) in [5.74, 6) is 1.28. The number of nitrogens with zero attached hydrogens (tertiary/aromatic N) is 2. The molecule has 1 amide bonds. The molecule has 0 aliphatic heterocycles. The third kappa shape index (κ3) is 4.20. The van der Waals surface area contributed by atoms with E-state index in [4.69, 9.17) is 0 Å². The molecule has 2 aromatic rings. The lowest BCUT2D eigenvalue weighted by Gasteiger charge is -2.25. The zero-order chi connectivity index (χ0) is 17.1. The summed E-state index contributed by atoms with van der Waals surface area (Å²) in [5, 5.41) is 3.57. The number of aromatic amines is 1. The minimum atomic E-state index is -0.141. The molecule has 1 aliphatic carbocycles. The summed E-state index contributed by atoms with van der Waals surface area (Å²) in [4.78, 5) is 33.6. The van der Waals surface area contributed by atoms with E-state index in [0.717, 1.165) is 6.54 Å². The number of nitrogens with one attached hydrogen (secondary N) is 2. The minimum Gasteiger partial charge on any atom is -0.355 e. The quantitative estimate of drug-likeness (QED) is 0.810. The van der Waals surface area contributed by atoms with E-state index >= 15 is 0 Å². The molecule has 0 unspecified atom stereocenters. The highest BCUT2D eigenvalue weighted by atomic mass is 16.2. The second-order valence-electron chi connectivity index (χ2n) is 6.78. The Morgan fingerprint density at radius 2 is 2.12 bits per heavy atom. The van der Waals surface area contributed by atoms with Gasteiger partial charge in [-0.2, -0.15) is 0 Å². The standard InChI is InChI=1S/C18H24N4O2/c1-12(2)22(11-17(23)19-9-13-7-8-13)10-16-20-15-6-4-3-5-14(15)18(24)21-16/h3-6,12-13H,7-11H2,1-2H3,(H,19,23)(H,20,21,24). The van der Waals surface area contributed by atoms with Crippen LogP contribution in [0.1, 0.15) is 32.5 Å². The number of para-hydroxylation sites is 1. The first-order chi connectivity index (χ1) is 11.5. The van der Waals surface area contributed by atoms with E-state index in [1.165, 1.54) is 12.8 Å². The van der Waals surface area contributed by atoms with Crippen molar-refractivity contribution in [1.82, 2.24) is 20.2 Å². The molecule has 6 nitrogen and oxygen atoms in total. The number of carbonyl (C=O) groups excluding carboxylic acids is 1. The predicted molar refractivity (Wildman–Crippen MR) is 93.6 cm³/mol. The largest absolute Gasteiger partial charge is 0.355 e. The van der Waals surface area contributed by atoms with Gasteiger partial charge in [-0.3, -0.25) is 14.5 Å². The van der Waals surface area contributed by atoms with E-state index < -0.39 is 0 Å². The van der Waals surface area contributed by atoms with Crippen LogP contribution in [0.15, 0.2) is 29.1 Å². The molecular weight excluding hydrogens is 304 g/mol. The van der Waals surface area contributed by atoms with Gasteiger partial charge in [-0.25, -0.2) is 4.98 Å². The Hall–Kier alpha value is -2.21. The van der Waals surface area contributed by atoms with Gasteiger partial charge < -0.3 is 10.3 Å². The van der Waals surface area contributed by atoms with Crippen LogP contribution >= 0.6 is 0 Å². The highest BCUT2D eigenvalue weighted by Crippen LogP contribution is 2.27. The number of hydrogen-bond donors (Lipinski definition) is 2. The molecule has 6 heteroatoms. The van der Waals surface area contributed by atoms with Crippen molar-refractivity contribution < 1.29 is 4.79 Å². The molecule has 1 aliphatic rings. The number of H-pyrrole nitrogens is 1. The fraction of sp³-hybridized carbons (Fsp3) is 0.500. The van der Waals surface area contributed by atoms with Gasteiger partial charge in [0.25, 0.3) is 5.56 Å². The van der Waals surface area contributed by atoms with E-state index in [2.05, 4.69) is 15.3 Å². The Morgan fingerprint density at radius 1 is 1.38 bits per heavy atom. The van der Waals surface area contributed by atoms with Crippen LogP contribution in [0.25, 0.3) is 10.9 Å². The first-order valence-electron chi connectivity index (χ1n) is 8.51. The second kappa shape index (κ2) is 7.13. The smallest absolute Gasteiger partial charge is 0.258 e. The summed E-state index contributed by atoms with van der Waals surface area (Å²) >= 11 is 0. The molecule has 1 aromatic heterocycles. The summed E-state index contributed by atoms with van der Waals surface area (Å²) < 4.78 is 0. The molecule has 2 N–H and O–H groups in total. The SMILES string of the molecule is CC(C)N(CC(=O)NCC1CC1)Cc1nc2ccccc2c(=O)[nH]1. The predicted octanol–water partition coefficient (Wildman–Crippen LogP) is 1.66. The molecule has 1 aromatic carbocycles. The maximum atomic E-state index is 12.2. The van der Waals surface area contributed by atoms with Crippen molar-refractivity contribution in [3.05, 3.63) is 40.4 Å². The lowest BCUT2D eigenvalue weighted by atomic mass is 10.2. The summed E-state index contributed by atoms with van der Waals surface area (Å²) in [6.07, 6.45) is 2.44. The van der Waals surface area contributed by atoms with Crippen molar-refractivity contribution in [3.8, 4) is 0 Å². The normalized spacial score (nSPS) is 14.5. The van der Waals surface area contributed by atoms with Crippen molar-refractivity contribution in [2.75, 3.05) is 13.1 Å². The molecule has 0 atom stereocenters. The molecule has 128 valence electrons. The van der Waals surface area contributed by atoms with Crippen LogP contribution in [0.5, 0.6) is 0 Å². The van der Waals surface area contributed by atoms with Crippen LogP contribution < -0.4 is 10.9 Å². The van der Waals surface area contributed by atoms with Crippen molar-refractivity contribution >= 4 is 16.8 Å². The number of hydrogen-bond acceptors (Lipinski definition) is 4. The number of fused-ring (bicyclic) bond motifs is 1. The first kappa shape index (κ1) is 16.6. The number of rotatable bonds is 7. The van der Waals surface area contributed by atoms with Gasteiger partial charge >= 0.3 is 0 Å². The van der Waals surface area contributed by atoms with E-state index in [-0.39, 0.29) is 17.5 Å². The van der Waals surface area contributed by atoms with Gasteiger partial charge in [0.05, 0.1) is 24.0 Å². The fourth-order valence-corrected chi connectivity index (χ4v) is 2.64. The maximum Gasteiger partial charge on any atom is 0.258 e. The fourth-order valence-electron chi connectivity index (χ4n) is 2.64. The summed E-state index contributed by atoms with van der Waals surface area (Å²) in [6, 6.07) is 7.45. The van der Waals surface area contributed by atoms with Gasteiger partial charge in [0.1, 0.15) is 5.82 Å². The molecule has 0 radical (unpaired) electrons. The van der Waals surface area contributed by atoms with Crippen molar-refractivity contribution in [2.24, 2.45) is 5.92 Å². The number of aromatic nitrogens is 2. The molecule has 1 saturated carbocycles. The van der Waals surface area contributed by atoms with E-state index in [1.807, 2.05) is 36.9 Å². The average molecular weight is 328 g/mol. The summed E-state index contributed by atoms with van der Waals surface area (Å²) in [7, 11) is 0. The zero-order valence-electron chi connectivity index (χ0n) is 14.2. The Kier molecular flexibility index (Phi) is 4.94. The lowest BCUT2D eigenvalue weighted by Crippen LogP contribution is -2.41. The highest BCUT2D eigenvalue weighted by Gasteiger charge is 2.22. The first-order valence-corrected chi connectivity index (χ1v) is 8.51. The van der Waals surface area contributed by atoms with Crippen LogP contribution in [0, 0.1) is 5.92 Å². The van der Waals surface area contributed by atoms with Crippen LogP contribution in [0.2, 0.25) is 0 Å². The molecule has 1 fully saturated rings. The zero-order valence-corrected chi connectivity index (χ0v) is 14.2. The second-order valence-corrected chi connectivity index (χ2v) is 6.78. The summed E-state index contributed by atoms with van der Waals surface area (Å²) in [5.41, 5.74) is 0.538. The van der Waals surface area contributed by atoms with E-state index in [9.17, 15) is 9.59 Å². The minimum absolute atomic E-state index is 0.0266. The average Bonchev–Trinajstić information content (AvgIpc) is 3.36. The number of carbonyl (C=O) groups is 1. The maximum absolute atomic E-state index is 12.2. The highest BCUT2D eigenvalue weighted by molar-refractivity contribution is 5.78. The van der Waals surface area contributed by atoms with Crippen molar-refractivity contribution in [2.45, 2.75) is 39.3 Å². The Balaban J connectivity index is 1.70. The molecule has 0 saturated heterocycles. The lowest BCUT2D eigenvalue weighted by molar-refractivity contribution is -0.122. The van der Waals surface area contributed by atoms with Crippen LogP contribution in [-0.4, -0.2) is 39.9 Å². The number of amides is 1. The Bertz CT molecular complexity index is 780. The van der Waals surface area contributed by atoms with Gasteiger partial charge in [0, 0.05) is 12.6 Å². The van der Waals surface area contributed by atoms with Crippen LogP contribution in [0.3, 0.4) is 0 Å². The van der Waals surface area contributed by atoms with E-state index in [0.29, 0.717) is 35.7 Å². The third-order valence-corrected chi connectivity index (χ3v) is 4.38. The van der Waals surface area contributed by atoms with Gasteiger partial charge in [-0.1, -0.05) is 12.1 Å². The molecular formula is C18H24N4O2.